The number of phenolic OH excluding ortho intramolecular Hbond substituents is 3. The van der Waals surface area contributed by atoms with Crippen LogP contribution in [-0.2, 0) is 6.42 Å². The minimum absolute atomic E-state index is 0.107. The zero-order valence-corrected chi connectivity index (χ0v) is 52.7. The molecule has 0 amide bonds. The molecule has 0 saturated carbocycles. The van der Waals surface area contributed by atoms with Gasteiger partial charge in [-0.15, -0.1) is 0 Å². The SMILES string of the molecule is BrCCc1ccccc1Br.Brc1ccccc1.COc1cccc(Br)c1O.OC1C=CC(Br)=C(CCBr)C1O.OC1C=CC=C(Br)C1O.OC1CCC(Br)=C(CCBr)C1O.Oc1cccc(Br)c1O. The molecule has 4 aromatic rings. The van der Waals surface area contributed by atoms with Gasteiger partial charge in [-0.3, -0.25) is 0 Å². The van der Waals surface area contributed by atoms with Gasteiger partial charge >= 0.3 is 0 Å². The number of benzene rings is 4. The molecule has 0 fully saturated rings. The van der Waals surface area contributed by atoms with Crippen molar-refractivity contribution in [2.24, 2.45) is 0 Å². The molecule has 380 valence electrons. The first-order valence-electron chi connectivity index (χ1n) is 20.6. The summed E-state index contributed by atoms with van der Waals surface area (Å²) in [6.07, 6.45) is 8.06. The fourth-order valence-electron chi connectivity index (χ4n) is 5.49. The van der Waals surface area contributed by atoms with Crippen molar-refractivity contribution in [1.82, 2.24) is 0 Å². The van der Waals surface area contributed by atoms with E-state index in [2.05, 4.69) is 177 Å². The molecule has 69 heavy (non-hydrogen) atoms. The van der Waals surface area contributed by atoms with E-state index in [0.29, 0.717) is 25.6 Å². The lowest BCUT2D eigenvalue weighted by Crippen LogP contribution is -2.31. The molecular weight excluding hydrogens is 1550 g/mol. The van der Waals surface area contributed by atoms with E-state index in [1.54, 1.807) is 54.6 Å². The van der Waals surface area contributed by atoms with Crippen molar-refractivity contribution in [2.45, 2.75) is 68.7 Å². The maximum atomic E-state index is 9.58. The number of aromatic hydroxyl groups is 3. The van der Waals surface area contributed by atoms with Gasteiger partial charge in [0.15, 0.2) is 23.0 Å². The second kappa shape index (κ2) is 38.0. The maximum Gasteiger partial charge on any atom is 0.172 e. The van der Waals surface area contributed by atoms with E-state index in [0.717, 1.165) is 66.3 Å². The third kappa shape index (κ3) is 25.9. The fourth-order valence-corrected chi connectivity index (χ4v) is 9.94. The molecule has 0 bridgehead atoms. The number of rotatable bonds is 7. The van der Waals surface area contributed by atoms with Crippen LogP contribution in [0.15, 0.2) is 164 Å². The lowest BCUT2D eigenvalue weighted by molar-refractivity contribution is 0.0294. The van der Waals surface area contributed by atoms with Crippen molar-refractivity contribution in [2.75, 3.05) is 23.1 Å². The predicted molar refractivity (Wildman–Crippen MR) is 315 cm³/mol. The maximum absolute atomic E-state index is 9.58. The first-order valence-corrected chi connectivity index (χ1v) is 29.5. The lowest BCUT2D eigenvalue weighted by atomic mass is 9.92. The number of allylic oxidation sites excluding steroid dienone is 5. The van der Waals surface area contributed by atoms with Crippen LogP contribution >= 0.6 is 159 Å². The number of aliphatic hydroxyl groups is 6. The largest absolute Gasteiger partial charge is 0.504 e. The Labute approximate surface area is 488 Å². The molecule has 6 atom stereocenters. The van der Waals surface area contributed by atoms with Crippen LogP contribution < -0.4 is 4.74 Å². The highest BCUT2D eigenvalue weighted by Gasteiger charge is 2.27. The van der Waals surface area contributed by atoms with Crippen LogP contribution in [0.4, 0.5) is 0 Å². The second-order valence-electron chi connectivity index (χ2n) is 14.1. The van der Waals surface area contributed by atoms with E-state index in [9.17, 15) is 25.5 Å². The van der Waals surface area contributed by atoms with Crippen molar-refractivity contribution in [3.63, 3.8) is 0 Å². The number of hydrogen-bond acceptors (Lipinski definition) is 10. The highest BCUT2D eigenvalue weighted by atomic mass is 79.9. The van der Waals surface area contributed by atoms with Crippen LogP contribution in [0, 0.1) is 0 Å². The molecule has 0 radical (unpaired) electrons. The molecular formula is C49H54Br10O10. The van der Waals surface area contributed by atoms with Crippen LogP contribution in [0.3, 0.4) is 0 Å². The summed E-state index contributed by atoms with van der Waals surface area (Å²) in [6, 6.07) is 28.2. The Morgan fingerprint density at radius 3 is 1.58 bits per heavy atom. The first kappa shape index (κ1) is 66.4. The first-order chi connectivity index (χ1) is 32.7. The Kier molecular flexibility index (Phi) is 36.5. The van der Waals surface area contributed by atoms with Gasteiger partial charge in [0.25, 0.3) is 0 Å². The number of methoxy groups -OCH3 is 1. The van der Waals surface area contributed by atoms with Crippen molar-refractivity contribution in [3.8, 4) is 23.0 Å². The lowest BCUT2D eigenvalue weighted by Gasteiger charge is -2.26. The zero-order chi connectivity index (χ0) is 52.1. The molecule has 0 aromatic heterocycles. The smallest absolute Gasteiger partial charge is 0.172 e. The van der Waals surface area contributed by atoms with Gasteiger partial charge in [-0.05, 0) is 140 Å². The molecule has 0 saturated heterocycles. The van der Waals surface area contributed by atoms with Gasteiger partial charge in [0.2, 0.25) is 0 Å². The molecule has 0 spiro atoms. The van der Waals surface area contributed by atoms with E-state index >= 15 is 0 Å². The molecule has 6 unspecified atom stereocenters. The van der Waals surface area contributed by atoms with E-state index in [-0.39, 0.29) is 17.2 Å². The van der Waals surface area contributed by atoms with Crippen LogP contribution in [0.5, 0.6) is 23.0 Å². The fraction of sp³-hybridized carbons (Fsp3) is 0.306. The summed E-state index contributed by atoms with van der Waals surface area (Å²) in [5.41, 5.74) is 3.15. The molecule has 10 nitrogen and oxygen atoms in total. The van der Waals surface area contributed by atoms with Crippen LogP contribution in [-0.4, -0.2) is 106 Å². The normalized spacial score (nSPS) is 19.9. The number of halogens is 10. The van der Waals surface area contributed by atoms with E-state index < -0.39 is 36.6 Å². The molecule has 7 rings (SSSR count). The van der Waals surface area contributed by atoms with Gasteiger partial charge in [-0.2, -0.15) is 0 Å². The summed E-state index contributed by atoms with van der Waals surface area (Å²) in [6.45, 7) is 0. The summed E-state index contributed by atoms with van der Waals surface area (Å²) in [5.74, 6) is 0.404. The third-order valence-corrected chi connectivity index (χ3v) is 15.4. The Bertz CT molecular complexity index is 2240. The number of ether oxygens (including phenoxy) is 1. The Balaban J connectivity index is 0.000000405. The minimum Gasteiger partial charge on any atom is -0.504 e. The van der Waals surface area contributed by atoms with E-state index in [1.165, 1.54) is 29.3 Å². The Morgan fingerprint density at radius 1 is 0.551 bits per heavy atom. The van der Waals surface area contributed by atoms with Crippen LogP contribution in [0.1, 0.15) is 31.2 Å². The molecule has 4 aromatic carbocycles. The highest BCUT2D eigenvalue weighted by Crippen LogP contribution is 2.34. The van der Waals surface area contributed by atoms with Crippen LogP contribution in [0.25, 0.3) is 0 Å². The Morgan fingerprint density at radius 2 is 1.09 bits per heavy atom. The summed E-state index contributed by atoms with van der Waals surface area (Å²) < 4.78 is 10.9. The zero-order valence-electron chi connectivity index (χ0n) is 36.9. The second-order valence-corrected chi connectivity index (χ2v) is 22.7. The molecule has 9 N–H and O–H groups in total. The Hall–Kier alpha value is -0.660. The van der Waals surface area contributed by atoms with Crippen molar-refractivity contribution >= 4 is 159 Å². The highest BCUT2D eigenvalue weighted by molar-refractivity contribution is 9.12. The summed E-state index contributed by atoms with van der Waals surface area (Å²) in [5, 5.41) is 85.3. The molecule has 0 heterocycles. The third-order valence-electron chi connectivity index (χ3n) is 9.24. The average Bonchev–Trinajstić information content (AvgIpc) is 3.33. The number of para-hydroxylation sites is 2. The van der Waals surface area contributed by atoms with Gasteiger partial charge in [-0.1, -0.05) is 194 Å². The number of alkyl halides is 3. The minimum atomic E-state index is -0.782. The average molecular weight is 1600 g/mol. The number of aliphatic hydroxyl groups excluding tert-OH is 6. The van der Waals surface area contributed by atoms with Crippen molar-refractivity contribution in [1.29, 1.82) is 0 Å². The quantitative estimate of drug-likeness (QED) is 0.0636. The van der Waals surface area contributed by atoms with Gasteiger partial charge in [0.05, 0.1) is 22.2 Å². The number of hydrogen-bond donors (Lipinski definition) is 9. The van der Waals surface area contributed by atoms with Gasteiger partial charge in [0, 0.05) is 33.9 Å². The van der Waals surface area contributed by atoms with Crippen molar-refractivity contribution < 1.29 is 50.7 Å². The van der Waals surface area contributed by atoms with E-state index in [1.807, 2.05) is 36.4 Å². The molecule has 3 aliphatic carbocycles. The van der Waals surface area contributed by atoms with Crippen LogP contribution in [0.2, 0.25) is 0 Å². The number of phenols is 3. The van der Waals surface area contributed by atoms with Crippen molar-refractivity contribution in [3.05, 3.63) is 169 Å². The van der Waals surface area contributed by atoms with Gasteiger partial charge < -0.3 is 50.7 Å². The summed E-state index contributed by atoms with van der Waals surface area (Å²) in [7, 11) is 1.52. The summed E-state index contributed by atoms with van der Waals surface area (Å²) >= 11 is 32.8. The monoisotopic (exact) mass is 1590 g/mol. The number of aryl methyl sites for hydroxylation is 1. The molecule has 3 aliphatic rings. The molecule has 0 aliphatic heterocycles. The van der Waals surface area contributed by atoms with E-state index in [4.69, 9.17) is 25.2 Å². The predicted octanol–water partition coefficient (Wildman–Crippen LogP) is 14.1. The molecule has 20 heteroatoms. The summed E-state index contributed by atoms with van der Waals surface area (Å²) in [4.78, 5) is 0. The van der Waals surface area contributed by atoms with Gasteiger partial charge in [-0.25, -0.2) is 0 Å². The topological polar surface area (TPSA) is 191 Å². The van der Waals surface area contributed by atoms with Gasteiger partial charge in [0.1, 0.15) is 30.5 Å². The standard InChI is InChI=1S/C8H12Br2O2.C8H10Br2O2.C8H8Br2.C7H7BrO2.C6H7BrO2.C6H5BrO2.C6H5Br/c2*9-4-3-5-6(10)1-2-7(11)8(5)12;9-6-5-7-3-1-2-4-8(7)10;1-10-6-4-2-3-5(8)7(6)9;2*7-4-2-1-3-5(8)6(4)9;7-6-4-2-1-3-5-6/h7-8,11-12H,1-4H2;1-2,7-8,11-12H,3-4H2;1-4H,5-6H2;2-4,9H,1H3;1-3,5-6,8-9H;1-3,8-9H;1-5H.